The van der Waals surface area contributed by atoms with Crippen molar-refractivity contribution in [2.24, 2.45) is 5.10 Å². The number of nitro benzene ring substituents is 1. The van der Waals surface area contributed by atoms with Crippen molar-refractivity contribution in [2.75, 3.05) is 12.5 Å². The Morgan fingerprint density at radius 1 is 1.13 bits per heavy atom. The first-order chi connectivity index (χ1) is 15.1. The second-order valence-corrected chi connectivity index (χ2v) is 7.48. The molecule has 0 aliphatic rings. The molecule has 3 aromatic carbocycles. The van der Waals surface area contributed by atoms with Crippen molar-refractivity contribution in [3.63, 3.8) is 0 Å². The Morgan fingerprint density at radius 3 is 2.65 bits per heavy atom. The second kappa shape index (κ2) is 9.23. The number of hydrogen-bond donors (Lipinski definition) is 1. The minimum Gasteiger partial charge on any atom is -0.493 e. The van der Waals surface area contributed by atoms with Gasteiger partial charge in [-0.1, -0.05) is 53.8 Å². The van der Waals surface area contributed by atoms with E-state index in [2.05, 4.69) is 15.5 Å². The number of nitrogens with one attached hydrogen (secondary N) is 1. The van der Waals surface area contributed by atoms with Crippen LogP contribution in [0, 0.1) is 10.1 Å². The maximum atomic E-state index is 11.6. The standard InChI is InChI=1S/C22H18N4O4S/c1-29-19-11-16(13-23-25-22-24-17-9-5-6-10-21(17)31-22)18(26(27)28)12-20(19)30-14-15-7-3-2-4-8-15/h2-13H,14H2,1H3,(H,24,25)/b23-13-. The van der Waals surface area contributed by atoms with Crippen LogP contribution in [0.1, 0.15) is 11.1 Å². The van der Waals surface area contributed by atoms with Gasteiger partial charge in [-0.25, -0.2) is 4.98 Å². The number of methoxy groups -OCH3 is 1. The van der Waals surface area contributed by atoms with E-state index < -0.39 is 4.92 Å². The van der Waals surface area contributed by atoms with Gasteiger partial charge in [-0.3, -0.25) is 15.5 Å². The summed E-state index contributed by atoms with van der Waals surface area (Å²) in [4.78, 5) is 15.6. The van der Waals surface area contributed by atoms with Crippen LogP contribution < -0.4 is 14.9 Å². The van der Waals surface area contributed by atoms with Crippen LogP contribution in [-0.4, -0.2) is 23.2 Å². The third kappa shape index (κ3) is 4.78. The number of para-hydroxylation sites is 1. The van der Waals surface area contributed by atoms with Crippen LogP contribution in [0.25, 0.3) is 10.2 Å². The fraction of sp³-hybridized carbons (Fsp3) is 0.0909. The zero-order valence-corrected chi connectivity index (χ0v) is 17.3. The molecule has 156 valence electrons. The van der Waals surface area contributed by atoms with Gasteiger partial charge < -0.3 is 9.47 Å². The molecule has 31 heavy (non-hydrogen) atoms. The smallest absolute Gasteiger partial charge is 0.282 e. The fourth-order valence-corrected chi connectivity index (χ4v) is 3.73. The van der Waals surface area contributed by atoms with Crippen LogP contribution >= 0.6 is 11.3 Å². The SMILES string of the molecule is COc1cc(/C=N\Nc2nc3ccccc3s2)c([N+](=O)[O-])cc1OCc1ccccc1. The predicted octanol–water partition coefficient (Wildman–Crippen LogP) is 5.24. The summed E-state index contributed by atoms with van der Waals surface area (Å²) in [7, 11) is 1.48. The summed E-state index contributed by atoms with van der Waals surface area (Å²) in [5.74, 6) is 0.664. The lowest BCUT2D eigenvalue weighted by molar-refractivity contribution is -0.385. The first kappa shape index (κ1) is 20.3. The quantitative estimate of drug-likeness (QED) is 0.231. The second-order valence-electron chi connectivity index (χ2n) is 6.45. The van der Waals surface area contributed by atoms with E-state index in [4.69, 9.17) is 9.47 Å². The Labute approximate surface area is 181 Å². The topological polar surface area (TPSA) is 98.9 Å². The lowest BCUT2D eigenvalue weighted by Gasteiger charge is -2.12. The number of benzene rings is 3. The van der Waals surface area contributed by atoms with Crippen molar-refractivity contribution in [1.29, 1.82) is 0 Å². The number of nitrogens with zero attached hydrogens (tertiary/aromatic N) is 3. The molecule has 0 bridgehead atoms. The molecule has 4 rings (SSSR count). The molecule has 1 heterocycles. The summed E-state index contributed by atoms with van der Waals surface area (Å²) in [5.41, 5.74) is 4.77. The van der Waals surface area contributed by atoms with E-state index in [1.165, 1.54) is 36.8 Å². The Hall–Kier alpha value is -3.98. The molecular formula is C22H18N4O4S. The minimum absolute atomic E-state index is 0.140. The molecule has 1 N–H and O–H groups in total. The van der Waals surface area contributed by atoms with Crippen molar-refractivity contribution in [3.05, 3.63) is 88.0 Å². The van der Waals surface area contributed by atoms with Crippen molar-refractivity contribution < 1.29 is 14.4 Å². The molecule has 0 fully saturated rings. The number of ether oxygens (including phenoxy) is 2. The van der Waals surface area contributed by atoms with Crippen molar-refractivity contribution in [2.45, 2.75) is 6.61 Å². The molecular weight excluding hydrogens is 416 g/mol. The number of nitro groups is 1. The van der Waals surface area contributed by atoms with E-state index in [0.29, 0.717) is 10.9 Å². The molecule has 0 aliphatic heterocycles. The van der Waals surface area contributed by atoms with Gasteiger partial charge in [0.05, 0.1) is 40.1 Å². The Morgan fingerprint density at radius 2 is 1.90 bits per heavy atom. The number of aromatic nitrogens is 1. The van der Waals surface area contributed by atoms with Gasteiger partial charge in [0.25, 0.3) is 5.69 Å². The molecule has 4 aromatic rings. The average Bonchev–Trinajstić information content (AvgIpc) is 3.21. The molecule has 0 radical (unpaired) electrons. The molecule has 0 unspecified atom stereocenters. The highest BCUT2D eigenvalue weighted by Gasteiger charge is 2.19. The van der Waals surface area contributed by atoms with Gasteiger partial charge in [-0.05, 0) is 23.8 Å². The number of rotatable bonds is 8. The lowest BCUT2D eigenvalue weighted by Crippen LogP contribution is -2.02. The summed E-state index contributed by atoms with van der Waals surface area (Å²) in [6.07, 6.45) is 1.37. The van der Waals surface area contributed by atoms with Gasteiger partial charge in [0, 0.05) is 0 Å². The van der Waals surface area contributed by atoms with E-state index >= 15 is 0 Å². The Kier molecular flexibility index (Phi) is 6.04. The number of anilines is 1. The molecule has 1 aromatic heterocycles. The molecule has 0 spiro atoms. The minimum atomic E-state index is -0.478. The van der Waals surface area contributed by atoms with E-state index in [-0.39, 0.29) is 23.6 Å². The summed E-state index contributed by atoms with van der Waals surface area (Å²) < 4.78 is 12.2. The normalized spacial score (nSPS) is 11.0. The molecule has 0 saturated heterocycles. The van der Waals surface area contributed by atoms with E-state index in [1.807, 2.05) is 54.6 Å². The van der Waals surface area contributed by atoms with Crippen LogP contribution in [0.4, 0.5) is 10.8 Å². The molecule has 0 amide bonds. The summed E-state index contributed by atoms with van der Waals surface area (Å²) in [6, 6.07) is 20.1. The van der Waals surface area contributed by atoms with Crippen LogP contribution in [0.5, 0.6) is 11.5 Å². The molecule has 0 saturated carbocycles. The van der Waals surface area contributed by atoms with Crippen molar-refractivity contribution >= 4 is 38.6 Å². The van der Waals surface area contributed by atoms with E-state index in [1.54, 1.807) is 0 Å². The Bertz CT molecular complexity index is 1210. The summed E-state index contributed by atoms with van der Waals surface area (Å²) >= 11 is 1.44. The van der Waals surface area contributed by atoms with Gasteiger partial charge >= 0.3 is 0 Å². The zero-order chi connectivity index (χ0) is 21.6. The fourth-order valence-electron chi connectivity index (χ4n) is 2.91. The number of hydrazone groups is 1. The van der Waals surface area contributed by atoms with Gasteiger partial charge in [-0.15, -0.1) is 0 Å². The maximum Gasteiger partial charge on any atom is 0.282 e. The molecule has 9 heteroatoms. The van der Waals surface area contributed by atoms with Gasteiger partial charge in [-0.2, -0.15) is 5.10 Å². The third-order valence-electron chi connectivity index (χ3n) is 4.40. The third-order valence-corrected chi connectivity index (χ3v) is 5.35. The van der Waals surface area contributed by atoms with Crippen LogP contribution in [0.2, 0.25) is 0 Å². The van der Waals surface area contributed by atoms with Gasteiger partial charge in [0.2, 0.25) is 5.13 Å². The summed E-state index contributed by atoms with van der Waals surface area (Å²) in [6.45, 7) is 0.265. The highest BCUT2D eigenvalue weighted by atomic mass is 32.1. The Balaban J connectivity index is 1.55. The predicted molar refractivity (Wildman–Crippen MR) is 121 cm³/mol. The van der Waals surface area contributed by atoms with Crippen molar-refractivity contribution in [1.82, 2.24) is 4.98 Å². The average molecular weight is 434 g/mol. The molecule has 0 atom stereocenters. The number of fused-ring (bicyclic) bond motifs is 1. The largest absolute Gasteiger partial charge is 0.493 e. The first-order valence-electron chi connectivity index (χ1n) is 9.32. The summed E-state index contributed by atoms with van der Waals surface area (Å²) in [5, 5.41) is 16.3. The molecule has 8 nitrogen and oxygen atoms in total. The van der Waals surface area contributed by atoms with Gasteiger partial charge in [0.15, 0.2) is 11.5 Å². The van der Waals surface area contributed by atoms with E-state index in [0.717, 1.165) is 15.8 Å². The van der Waals surface area contributed by atoms with Gasteiger partial charge in [0.1, 0.15) is 6.61 Å². The van der Waals surface area contributed by atoms with Crippen LogP contribution in [-0.2, 0) is 6.61 Å². The molecule has 0 aliphatic carbocycles. The van der Waals surface area contributed by atoms with E-state index in [9.17, 15) is 10.1 Å². The number of thiazole rings is 1. The number of hydrogen-bond acceptors (Lipinski definition) is 8. The highest BCUT2D eigenvalue weighted by molar-refractivity contribution is 7.22. The maximum absolute atomic E-state index is 11.6. The zero-order valence-electron chi connectivity index (χ0n) is 16.5. The van der Waals surface area contributed by atoms with Crippen molar-refractivity contribution in [3.8, 4) is 11.5 Å². The van der Waals surface area contributed by atoms with Crippen LogP contribution in [0.3, 0.4) is 0 Å². The van der Waals surface area contributed by atoms with Crippen LogP contribution in [0.15, 0.2) is 71.8 Å². The lowest BCUT2D eigenvalue weighted by atomic mass is 10.1. The first-order valence-corrected chi connectivity index (χ1v) is 10.1. The monoisotopic (exact) mass is 434 g/mol. The highest BCUT2D eigenvalue weighted by Crippen LogP contribution is 2.34.